The highest BCUT2D eigenvalue weighted by molar-refractivity contribution is 6.35. The summed E-state index contributed by atoms with van der Waals surface area (Å²) in [5.41, 5.74) is 5.12. The molecule has 0 spiro atoms. The van der Waals surface area contributed by atoms with Gasteiger partial charge in [0.15, 0.2) is 0 Å². The fraction of sp³-hybridized carbons (Fsp3) is 0.435. The molecule has 9 heteroatoms. The largest absolute Gasteiger partial charge is 0.446 e. The Hall–Kier alpha value is -1.80. The van der Waals surface area contributed by atoms with E-state index < -0.39 is 12.5 Å². The molecule has 1 fully saturated rings. The summed E-state index contributed by atoms with van der Waals surface area (Å²) in [6, 6.07) is 13.0. The van der Waals surface area contributed by atoms with Gasteiger partial charge in [-0.2, -0.15) is 13.2 Å². The molecule has 174 valence electrons. The Morgan fingerprint density at radius 2 is 1.56 bits per heavy atom. The minimum Gasteiger partial charge on any atom is -0.369 e. The van der Waals surface area contributed by atoms with Gasteiger partial charge in [-0.15, -0.1) is 0 Å². The molecule has 0 radical (unpaired) electrons. The van der Waals surface area contributed by atoms with Crippen LogP contribution in [0.4, 0.5) is 18.9 Å². The third-order valence-electron chi connectivity index (χ3n) is 5.79. The van der Waals surface area contributed by atoms with E-state index in [1.54, 1.807) is 0 Å². The van der Waals surface area contributed by atoms with Gasteiger partial charge in [-0.1, -0.05) is 35.3 Å². The zero-order chi connectivity index (χ0) is 23.5. The second-order valence-corrected chi connectivity index (χ2v) is 9.09. The Labute approximate surface area is 196 Å². The summed E-state index contributed by atoms with van der Waals surface area (Å²) >= 11 is 12.8. The molecule has 1 unspecified atom stereocenters. The number of halogens is 5. The summed E-state index contributed by atoms with van der Waals surface area (Å²) in [6.07, 6.45) is -5.70. The van der Waals surface area contributed by atoms with Crippen molar-refractivity contribution in [3.05, 3.63) is 63.1 Å². The predicted molar refractivity (Wildman–Crippen MR) is 123 cm³/mol. The first-order chi connectivity index (χ1) is 15.1. The van der Waals surface area contributed by atoms with Crippen molar-refractivity contribution < 1.29 is 18.0 Å². The lowest BCUT2D eigenvalue weighted by Gasteiger charge is -2.35. The number of hydrogen-bond donors (Lipinski definition) is 0. The average Bonchev–Trinajstić information content (AvgIpc) is 2.74. The molecule has 0 aromatic heterocycles. The molecule has 0 bridgehead atoms. The summed E-state index contributed by atoms with van der Waals surface area (Å²) in [5.74, 6) is 0.307. The normalized spacial score (nSPS) is 19.7. The number of hydrogen-bond acceptors (Lipinski definition) is 4. The Balaban J connectivity index is 0.000000427. The number of benzene rings is 2. The minimum absolute atomic E-state index is 0.307. The van der Waals surface area contributed by atoms with Gasteiger partial charge in [-0.25, -0.2) is 0 Å². The SMILES string of the molecule is CN1CCN(c2ccc(C3CN(C)Cc4c(Cl)cc(Cl)cc43)cc2)CC1.O=CC(F)(F)F. The number of nitrogens with zero attached hydrogens (tertiary/aromatic N) is 3. The van der Waals surface area contributed by atoms with Crippen LogP contribution in [-0.4, -0.2) is 69.1 Å². The van der Waals surface area contributed by atoms with Gasteiger partial charge in [0.25, 0.3) is 0 Å². The molecular weight excluding hydrogens is 462 g/mol. The van der Waals surface area contributed by atoms with Gasteiger partial charge in [0.1, 0.15) is 0 Å². The van der Waals surface area contributed by atoms with Crippen molar-refractivity contribution in [3.8, 4) is 0 Å². The highest BCUT2D eigenvalue weighted by atomic mass is 35.5. The Kier molecular flexibility index (Phi) is 8.09. The van der Waals surface area contributed by atoms with E-state index in [2.05, 4.69) is 59.1 Å². The number of aldehydes is 1. The first kappa shape index (κ1) is 24.8. The molecular formula is C23H26Cl2F3N3O. The highest BCUT2D eigenvalue weighted by Gasteiger charge is 2.27. The van der Waals surface area contributed by atoms with Crippen LogP contribution in [0, 0.1) is 0 Å². The van der Waals surface area contributed by atoms with Crippen molar-refractivity contribution in [2.24, 2.45) is 0 Å². The fourth-order valence-electron chi connectivity index (χ4n) is 4.11. The third kappa shape index (κ3) is 6.38. The quantitative estimate of drug-likeness (QED) is 0.552. The van der Waals surface area contributed by atoms with E-state index in [9.17, 15) is 13.2 Å². The Morgan fingerprint density at radius 1 is 0.969 bits per heavy atom. The van der Waals surface area contributed by atoms with Crippen LogP contribution in [0.25, 0.3) is 0 Å². The number of carbonyl (C=O) groups excluding carboxylic acids is 1. The second-order valence-electron chi connectivity index (χ2n) is 8.25. The van der Waals surface area contributed by atoms with E-state index in [0.717, 1.165) is 49.3 Å². The van der Waals surface area contributed by atoms with E-state index in [0.29, 0.717) is 5.92 Å². The number of likely N-dealkylation sites (N-methyl/N-ethyl adjacent to an activating group) is 2. The van der Waals surface area contributed by atoms with E-state index in [4.69, 9.17) is 28.0 Å². The zero-order valence-electron chi connectivity index (χ0n) is 18.0. The number of fused-ring (bicyclic) bond motifs is 1. The van der Waals surface area contributed by atoms with Gasteiger partial charge in [-0.05, 0) is 55.1 Å². The molecule has 1 saturated heterocycles. The van der Waals surface area contributed by atoms with Crippen molar-refractivity contribution in [1.82, 2.24) is 9.80 Å². The lowest BCUT2D eigenvalue weighted by Crippen LogP contribution is -2.44. The third-order valence-corrected chi connectivity index (χ3v) is 6.35. The lowest BCUT2D eigenvalue weighted by atomic mass is 9.84. The van der Waals surface area contributed by atoms with E-state index >= 15 is 0 Å². The van der Waals surface area contributed by atoms with Crippen LogP contribution in [0.3, 0.4) is 0 Å². The first-order valence-corrected chi connectivity index (χ1v) is 11.1. The zero-order valence-corrected chi connectivity index (χ0v) is 19.5. The number of anilines is 1. The molecule has 0 amide bonds. The van der Waals surface area contributed by atoms with Crippen LogP contribution in [-0.2, 0) is 11.3 Å². The van der Waals surface area contributed by atoms with Crippen molar-refractivity contribution >= 4 is 35.2 Å². The van der Waals surface area contributed by atoms with Gasteiger partial charge >= 0.3 is 6.18 Å². The summed E-state index contributed by atoms with van der Waals surface area (Å²) in [6.45, 7) is 6.30. The van der Waals surface area contributed by atoms with Crippen LogP contribution in [0.1, 0.15) is 22.6 Å². The molecule has 0 N–H and O–H groups in total. The summed E-state index contributed by atoms with van der Waals surface area (Å²) in [4.78, 5) is 15.9. The number of piperazine rings is 1. The standard InChI is InChI=1S/C21H25Cl2N3.C2HF3O/c1-24-7-9-26(10-8-24)17-5-3-15(4-6-17)19-13-25(2)14-20-18(19)11-16(22)12-21(20)23;3-2(4,5)1-6/h3-6,11-12,19H,7-10,13-14H2,1-2H3;1H. The second kappa shape index (κ2) is 10.4. The molecule has 1 atom stereocenters. The summed E-state index contributed by atoms with van der Waals surface area (Å²) in [7, 11) is 4.34. The molecule has 2 aromatic carbocycles. The topological polar surface area (TPSA) is 26.8 Å². The highest BCUT2D eigenvalue weighted by Crippen LogP contribution is 2.38. The summed E-state index contributed by atoms with van der Waals surface area (Å²) < 4.78 is 31.2. The van der Waals surface area contributed by atoms with Crippen molar-refractivity contribution in [2.45, 2.75) is 18.6 Å². The molecule has 0 aliphatic carbocycles. The van der Waals surface area contributed by atoms with Crippen LogP contribution in [0.15, 0.2) is 36.4 Å². The Morgan fingerprint density at radius 3 is 2.12 bits per heavy atom. The van der Waals surface area contributed by atoms with E-state index in [1.165, 1.54) is 22.4 Å². The van der Waals surface area contributed by atoms with Gasteiger partial charge < -0.3 is 14.7 Å². The van der Waals surface area contributed by atoms with Gasteiger partial charge in [0, 0.05) is 60.9 Å². The van der Waals surface area contributed by atoms with E-state index in [1.807, 2.05) is 6.07 Å². The monoisotopic (exact) mass is 487 g/mol. The fourth-order valence-corrected chi connectivity index (χ4v) is 4.68. The van der Waals surface area contributed by atoms with Crippen molar-refractivity contribution in [2.75, 3.05) is 51.7 Å². The smallest absolute Gasteiger partial charge is 0.369 e. The maximum atomic E-state index is 10.4. The molecule has 32 heavy (non-hydrogen) atoms. The number of alkyl halides is 3. The number of carbonyl (C=O) groups is 1. The minimum atomic E-state index is -4.64. The maximum Gasteiger partial charge on any atom is 0.446 e. The first-order valence-electron chi connectivity index (χ1n) is 10.3. The molecule has 0 saturated carbocycles. The molecule has 4 nitrogen and oxygen atoms in total. The molecule has 2 heterocycles. The molecule has 2 aromatic rings. The lowest BCUT2D eigenvalue weighted by molar-refractivity contribution is -0.156. The van der Waals surface area contributed by atoms with E-state index in [-0.39, 0.29) is 0 Å². The van der Waals surface area contributed by atoms with Crippen LogP contribution in [0.2, 0.25) is 10.0 Å². The summed E-state index contributed by atoms with van der Waals surface area (Å²) in [5, 5.41) is 1.50. The molecule has 4 rings (SSSR count). The van der Waals surface area contributed by atoms with Crippen LogP contribution in [0.5, 0.6) is 0 Å². The van der Waals surface area contributed by atoms with Gasteiger partial charge in [0.2, 0.25) is 6.29 Å². The molecule has 2 aliphatic rings. The average molecular weight is 488 g/mol. The Bertz CT molecular complexity index is 929. The van der Waals surface area contributed by atoms with Crippen molar-refractivity contribution in [1.29, 1.82) is 0 Å². The predicted octanol–water partition coefficient (Wildman–Crippen LogP) is 5.07. The van der Waals surface area contributed by atoms with Crippen molar-refractivity contribution in [3.63, 3.8) is 0 Å². The maximum absolute atomic E-state index is 10.4. The van der Waals surface area contributed by atoms with Crippen LogP contribution < -0.4 is 4.90 Å². The number of rotatable bonds is 2. The van der Waals surface area contributed by atoms with Gasteiger partial charge in [0.05, 0.1) is 0 Å². The molecule has 2 aliphatic heterocycles. The van der Waals surface area contributed by atoms with Gasteiger partial charge in [-0.3, -0.25) is 4.79 Å². The van der Waals surface area contributed by atoms with Crippen LogP contribution >= 0.6 is 23.2 Å².